The normalized spacial score (nSPS) is 17.1. The third-order valence-corrected chi connectivity index (χ3v) is 5.83. The summed E-state index contributed by atoms with van der Waals surface area (Å²) in [7, 11) is 0. The maximum atomic E-state index is 13.5. The van der Waals surface area contributed by atoms with Gasteiger partial charge in [0.25, 0.3) is 5.91 Å². The van der Waals surface area contributed by atoms with E-state index < -0.39 is 0 Å². The maximum Gasteiger partial charge on any atom is 0.254 e. The number of pyridine rings is 1. The van der Waals surface area contributed by atoms with Crippen molar-refractivity contribution in [3.8, 4) is 0 Å². The van der Waals surface area contributed by atoms with Gasteiger partial charge in [-0.05, 0) is 60.2 Å². The largest absolute Gasteiger partial charge is 0.330 e. The van der Waals surface area contributed by atoms with Crippen molar-refractivity contribution in [2.45, 2.75) is 33.4 Å². The molecule has 1 heterocycles. The Kier molecular flexibility index (Phi) is 6.12. The number of rotatable bonds is 7. The lowest BCUT2D eigenvalue weighted by molar-refractivity contribution is -0.117. The molecule has 1 aliphatic carbocycles. The topological polar surface area (TPSA) is 62.3 Å². The lowest BCUT2D eigenvalue weighted by Crippen LogP contribution is -2.30. The van der Waals surface area contributed by atoms with Crippen molar-refractivity contribution >= 4 is 17.5 Å². The lowest BCUT2D eigenvalue weighted by atomic mass is 10.1. The van der Waals surface area contributed by atoms with Crippen LogP contribution >= 0.6 is 0 Å². The van der Waals surface area contributed by atoms with Crippen LogP contribution in [0.1, 0.15) is 40.4 Å². The number of amides is 2. The molecule has 0 aliphatic heterocycles. The number of aromatic nitrogens is 1. The zero-order chi connectivity index (χ0) is 21.8. The smallest absolute Gasteiger partial charge is 0.254 e. The Bertz CT molecular complexity index is 1080. The average molecular weight is 414 g/mol. The number of anilines is 1. The molecule has 1 aromatic heterocycles. The number of benzene rings is 2. The summed E-state index contributed by atoms with van der Waals surface area (Å²) in [5, 5.41) is 2.96. The van der Waals surface area contributed by atoms with Crippen LogP contribution in [0.25, 0.3) is 0 Å². The van der Waals surface area contributed by atoms with Gasteiger partial charge in [0, 0.05) is 42.7 Å². The van der Waals surface area contributed by atoms with E-state index in [9.17, 15) is 9.59 Å². The molecule has 1 aliphatic rings. The number of carbonyl (C=O) groups excluding carboxylic acids is 2. The lowest BCUT2D eigenvalue weighted by Gasteiger charge is -2.24. The van der Waals surface area contributed by atoms with Gasteiger partial charge >= 0.3 is 0 Å². The Hall–Kier alpha value is -3.47. The molecule has 1 saturated carbocycles. The van der Waals surface area contributed by atoms with E-state index in [-0.39, 0.29) is 17.7 Å². The Morgan fingerprint density at radius 2 is 1.87 bits per heavy atom. The Morgan fingerprint density at radius 1 is 1.06 bits per heavy atom. The number of aryl methyl sites for hydroxylation is 1. The van der Waals surface area contributed by atoms with Gasteiger partial charge in [0.15, 0.2) is 0 Å². The number of hydrogen-bond acceptors (Lipinski definition) is 3. The second kappa shape index (κ2) is 9.13. The molecule has 3 aromatic rings. The van der Waals surface area contributed by atoms with E-state index in [1.807, 2.05) is 47.4 Å². The van der Waals surface area contributed by atoms with Crippen molar-refractivity contribution < 1.29 is 9.59 Å². The summed E-state index contributed by atoms with van der Waals surface area (Å²) in [6.07, 6.45) is 4.44. The Balaban J connectivity index is 1.56. The number of hydrogen-bond donors (Lipinski definition) is 1. The van der Waals surface area contributed by atoms with Gasteiger partial charge in [-0.3, -0.25) is 14.6 Å². The third-order valence-electron chi connectivity index (χ3n) is 5.83. The fourth-order valence-electron chi connectivity index (χ4n) is 3.74. The highest BCUT2D eigenvalue weighted by Crippen LogP contribution is 2.38. The molecule has 0 radical (unpaired) electrons. The minimum absolute atomic E-state index is 0.0317. The molecule has 0 spiro atoms. The first kappa shape index (κ1) is 20.8. The van der Waals surface area contributed by atoms with Crippen molar-refractivity contribution in [3.05, 3.63) is 95.3 Å². The molecule has 1 fully saturated rings. The molecule has 2 atom stereocenters. The van der Waals surface area contributed by atoms with Gasteiger partial charge in [-0.25, -0.2) is 0 Å². The monoisotopic (exact) mass is 413 g/mol. The SMILES string of the molecule is Cc1ccccc1CN(Cc1cccnc1)C(=O)c1cccc(NC(=O)C2CC2C)c1. The van der Waals surface area contributed by atoms with Gasteiger partial charge in [-0.2, -0.15) is 0 Å². The van der Waals surface area contributed by atoms with Crippen molar-refractivity contribution in [3.63, 3.8) is 0 Å². The molecule has 5 nitrogen and oxygen atoms in total. The second-order valence-electron chi connectivity index (χ2n) is 8.34. The molecule has 158 valence electrons. The first-order chi connectivity index (χ1) is 15.0. The molecule has 31 heavy (non-hydrogen) atoms. The van der Waals surface area contributed by atoms with Gasteiger partial charge in [-0.15, -0.1) is 0 Å². The summed E-state index contributed by atoms with van der Waals surface area (Å²) in [6, 6.07) is 19.1. The standard InChI is InChI=1S/C26H27N3O2/c1-18-7-3-4-9-22(18)17-29(16-20-8-6-12-27-15-20)26(31)21-10-5-11-23(14-21)28-25(30)24-13-19(24)2/h3-12,14-15,19,24H,13,16-17H2,1-2H3,(H,28,30). The number of nitrogens with zero attached hydrogens (tertiary/aromatic N) is 2. The van der Waals surface area contributed by atoms with Gasteiger partial charge in [0.05, 0.1) is 0 Å². The van der Waals surface area contributed by atoms with E-state index in [1.165, 1.54) is 0 Å². The van der Waals surface area contributed by atoms with Crippen LogP contribution in [0.15, 0.2) is 73.1 Å². The van der Waals surface area contributed by atoms with Crippen LogP contribution in [0.2, 0.25) is 0 Å². The van der Waals surface area contributed by atoms with Crippen molar-refractivity contribution in [1.82, 2.24) is 9.88 Å². The fraction of sp³-hybridized carbons (Fsp3) is 0.269. The number of nitrogens with one attached hydrogen (secondary N) is 1. The van der Waals surface area contributed by atoms with Gasteiger partial charge in [0.2, 0.25) is 5.91 Å². The number of carbonyl (C=O) groups is 2. The molecular formula is C26H27N3O2. The highest BCUT2D eigenvalue weighted by Gasteiger charge is 2.39. The zero-order valence-electron chi connectivity index (χ0n) is 17.9. The third kappa shape index (κ3) is 5.18. The minimum Gasteiger partial charge on any atom is -0.330 e. The molecule has 0 saturated heterocycles. The Labute approximate surface area is 183 Å². The van der Waals surface area contributed by atoms with Gasteiger partial charge in [-0.1, -0.05) is 43.3 Å². The molecule has 2 amide bonds. The van der Waals surface area contributed by atoms with Crippen LogP contribution in [-0.4, -0.2) is 21.7 Å². The van der Waals surface area contributed by atoms with E-state index in [4.69, 9.17) is 0 Å². The molecular weight excluding hydrogens is 386 g/mol. The average Bonchev–Trinajstić information content (AvgIpc) is 3.52. The second-order valence-corrected chi connectivity index (χ2v) is 8.34. The summed E-state index contributed by atoms with van der Waals surface area (Å²) in [6.45, 7) is 5.08. The zero-order valence-corrected chi connectivity index (χ0v) is 17.9. The molecule has 5 heteroatoms. The molecule has 2 unspecified atom stereocenters. The van der Waals surface area contributed by atoms with Crippen LogP contribution in [0.4, 0.5) is 5.69 Å². The molecule has 1 N–H and O–H groups in total. The fourth-order valence-corrected chi connectivity index (χ4v) is 3.74. The first-order valence-corrected chi connectivity index (χ1v) is 10.6. The van der Waals surface area contributed by atoms with Crippen molar-refractivity contribution in [2.24, 2.45) is 11.8 Å². The first-order valence-electron chi connectivity index (χ1n) is 10.6. The van der Waals surface area contributed by atoms with Gasteiger partial charge < -0.3 is 10.2 Å². The van der Waals surface area contributed by atoms with E-state index in [2.05, 4.69) is 30.2 Å². The van der Waals surface area contributed by atoms with E-state index in [0.717, 1.165) is 23.1 Å². The van der Waals surface area contributed by atoms with Crippen LogP contribution in [0, 0.1) is 18.8 Å². The molecule has 2 aromatic carbocycles. The van der Waals surface area contributed by atoms with Crippen LogP contribution in [0.5, 0.6) is 0 Å². The highest BCUT2D eigenvalue weighted by atomic mass is 16.2. The Morgan fingerprint density at radius 3 is 2.58 bits per heavy atom. The van der Waals surface area contributed by atoms with Crippen molar-refractivity contribution in [1.29, 1.82) is 0 Å². The molecule has 0 bridgehead atoms. The van der Waals surface area contributed by atoms with E-state index in [0.29, 0.717) is 30.3 Å². The molecule has 4 rings (SSSR count). The maximum absolute atomic E-state index is 13.5. The van der Waals surface area contributed by atoms with E-state index >= 15 is 0 Å². The van der Waals surface area contributed by atoms with E-state index in [1.54, 1.807) is 24.5 Å². The van der Waals surface area contributed by atoms with Crippen LogP contribution in [0.3, 0.4) is 0 Å². The minimum atomic E-state index is -0.0806. The summed E-state index contributed by atoms with van der Waals surface area (Å²) in [5.41, 5.74) is 4.43. The quantitative estimate of drug-likeness (QED) is 0.604. The van der Waals surface area contributed by atoms with Crippen LogP contribution < -0.4 is 5.32 Å². The summed E-state index contributed by atoms with van der Waals surface area (Å²) >= 11 is 0. The summed E-state index contributed by atoms with van der Waals surface area (Å²) < 4.78 is 0. The highest BCUT2D eigenvalue weighted by molar-refractivity contribution is 5.98. The van der Waals surface area contributed by atoms with Crippen molar-refractivity contribution in [2.75, 3.05) is 5.32 Å². The predicted octanol–water partition coefficient (Wildman–Crippen LogP) is 4.83. The summed E-state index contributed by atoms with van der Waals surface area (Å²) in [4.78, 5) is 31.8. The van der Waals surface area contributed by atoms with Gasteiger partial charge in [0.1, 0.15) is 0 Å². The predicted molar refractivity (Wildman–Crippen MR) is 121 cm³/mol. The van der Waals surface area contributed by atoms with Crippen LogP contribution in [-0.2, 0) is 17.9 Å². The summed E-state index contributed by atoms with van der Waals surface area (Å²) in [5.74, 6) is 0.476.